The predicted molar refractivity (Wildman–Crippen MR) is 111 cm³/mol. The smallest absolute Gasteiger partial charge is 0.274 e. The number of anilines is 1. The molecule has 1 amide bonds. The number of hydrogen-bond donors (Lipinski definition) is 1. The molecule has 0 aliphatic heterocycles. The molecule has 0 spiro atoms. The topological polar surface area (TPSA) is 85.8 Å². The van der Waals surface area contributed by atoms with Gasteiger partial charge in [0, 0.05) is 17.3 Å². The lowest BCUT2D eigenvalue weighted by atomic mass is 10.1. The molecule has 2 aromatic heterocycles. The van der Waals surface area contributed by atoms with E-state index in [4.69, 9.17) is 4.42 Å². The third-order valence-electron chi connectivity index (χ3n) is 4.64. The molecule has 7 nitrogen and oxygen atoms in total. The van der Waals surface area contributed by atoms with E-state index in [-0.39, 0.29) is 11.6 Å². The summed E-state index contributed by atoms with van der Waals surface area (Å²) in [4.78, 5) is 13.2. The van der Waals surface area contributed by atoms with Crippen molar-refractivity contribution in [3.8, 4) is 11.4 Å². The Balaban J connectivity index is 1.77. The van der Waals surface area contributed by atoms with Crippen molar-refractivity contribution in [2.45, 2.75) is 13.8 Å². The average Bonchev–Trinajstić information content (AvgIpc) is 3.42. The van der Waals surface area contributed by atoms with E-state index in [9.17, 15) is 4.79 Å². The molecule has 0 bridgehead atoms. The fourth-order valence-electron chi connectivity index (χ4n) is 2.92. The molecule has 0 aliphatic carbocycles. The maximum absolute atomic E-state index is 13.2. The van der Waals surface area contributed by atoms with Crippen LogP contribution >= 0.6 is 0 Å². The average molecular weight is 385 g/mol. The third-order valence-corrected chi connectivity index (χ3v) is 4.64. The van der Waals surface area contributed by atoms with Gasteiger partial charge >= 0.3 is 0 Å². The number of hydrogen-bond acceptors (Lipinski definition) is 5. The minimum absolute atomic E-state index is 0.240. The van der Waals surface area contributed by atoms with Crippen molar-refractivity contribution >= 4 is 23.4 Å². The van der Waals surface area contributed by atoms with Crippen LogP contribution in [0.25, 0.3) is 23.2 Å². The molecule has 2 aromatic carbocycles. The first kappa shape index (κ1) is 18.4. The highest BCUT2D eigenvalue weighted by atomic mass is 16.3. The molecule has 0 fully saturated rings. The van der Waals surface area contributed by atoms with E-state index in [1.54, 1.807) is 24.5 Å². The fraction of sp³-hybridized carbons (Fsp3) is 0.0909. The molecule has 1 N–H and O–H groups in total. The highest BCUT2D eigenvalue weighted by Gasteiger charge is 2.20. The Morgan fingerprint density at radius 2 is 1.86 bits per heavy atom. The van der Waals surface area contributed by atoms with Gasteiger partial charge in [-0.05, 0) is 53.6 Å². The van der Waals surface area contributed by atoms with Gasteiger partial charge in [-0.3, -0.25) is 4.79 Å². The minimum atomic E-state index is -0.348. The zero-order valence-corrected chi connectivity index (χ0v) is 16.0. The highest BCUT2D eigenvalue weighted by Crippen LogP contribution is 2.23. The monoisotopic (exact) mass is 385 g/mol. The lowest BCUT2D eigenvalue weighted by molar-refractivity contribution is -0.111. The molecule has 4 rings (SSSR count). The van der Waals surface area contributed by atoms with Crippen LogP contribution in [0.15, 0.2) is 71.3 Å². The maximum atomic E-state index is 13.2. The van der Waals surface area contributed by atoms with Gasteiger partial charge in [-0.2, -0.15) is 4.68 Å². The number of aromatic nitrogens is 4. The van der Waals surface area contributed by atoms with Crippen LogP contribution in [0.2, 0.25) is 0 Å². The first-order valence-corrected chi connectivity index (χ1v) is 9.10. The van der Waals surface area contributed by atoms with Crippen molar-refractivity contribution in [2.24, 2.45) is 0 Å². The lowest BCUT2D eigenvalue weighted by Gasteiger charge is -2.13. The van der Waals surface area contributed by atoms with E-state index in [1.807, 2.05) is 62.4 Å². The number of furan rings is 1. The molecule has 0 radical (unpaired) electrons. The Hall–Kier alpha value is -4.00. The largest absolute Gasteiger partial charge is 0.465 e. The van der Waals surface area contributed by atoms with E-state index < -0.39 is 0 Å². The van der Waals surface area contributed by atoms with E-state index >= 15 is 0 Å². The number of benzene rings is 2. The van der Waals surface area contributed by atoms with E-state index in [1.165, 1.54) is 4.68 Å². The molecule has 29 heavy (non-hydrogen) atoms. The Labute approximate surface area is 167 Å². The SMILES string of the molecule is Cc1cccc(NC(=O)C(=Cc2ccco2)n2nnnc2-c2ccccc2)c1C. The van der Waals surface area contributed by atoms with Crippen molar-refractivity contribution in [1.82, 2.24) is 20.2 Å². The summed E-state index contributed by atoms with van der Waals surface area (Å²) in [6.07, 6.45) is 3.16. The molecule has 7 heteroatoms. The standard InChI is InChI=1S/C22H19N5O2/c1-15-8-6-12-19(16(15)2)23-22(28)20(14-18-11-7-13-29-18)27-21(24-25-26-27)17-9-4-3-5-10-17/h3-14H,1-2H3,(H,23,28). The number of carbonyl (C=O) groups excluding carboxylic acids is 1. The molecule has 4 aromatic rings. The number of tetrazole rings is 1. The van der Waals surface area contributed by atoms with Crippen molar-refractivity contribution < 1.29 is 9.21 Å². The van der Waals surface area contributed by atoms with Gasteiger partial charge in [0.2, 0.25) is 0 Å². The van der Waals surface area contributed by atoms with Crippen LogP contribution in [0.4, 0.5) is 5.69 Å². The van der Waals surface area contributed by atoms with Gasteiger partial charge in [-0.1, -0.05) is 42.5 Å². The summed E-state index contributed by atoms with van der Waals surface area (Å²) < 4.78 is 6.83. The third kappa shape index (κ3) is 3.84. The van der Waals surface area contributed by atoms with Gasteiger partial charge in [0.15, 0.2) is 5.82 Å². The Bertz CT molecular complexity index is 1160. The van der Waals surface area contributed by atoms with Crippen LogP contribution in [0.1, 0.15) is 16.9 Å². The van der Waals surface area contributed by atoms with E-state index in [0.717, 1.165) is 22.4 Å². The van der Waals surface area contributed by atoms with Crippen LogP contribution in [0.5, 0.6) is 0 Å². The van der Waals surface area contributed by atoms with E-state index in [2.05, 4.69) is 20.8 Å². The van der Waals surface area contributed by atoms with E-state index in [0.29, 0.717) is 11.6 Å². The van der Waals surface area contributed by atoms with Crippen LogP contribution in [0, 0.1) is 13.8 Å². The van der Waals surface area contributed by atoms with Gasteiger partial charge in [0.25, 0.3) is 5.91 Å². The normalized spacial score (nSPS) is 11.4. The summed E-state index contributed by atoms with van der Waals surface area (Å²) in [6, 6.07) is 18.7. The number of rotatable bonds is 5. The second-order valence-electron chi connectivity index (χ2n) is 6.53. The van der Waals surface area contributed by atoms with Gasteiger partial charge in [-0.25, -0.2) is 0 Å². The number of carbonyl (C=O) groups is 1. The van der Waals surface area contributed by atoms with Crippen LogP contribution in [-0.4, -0.2) is 26.1 Å². The number of nitrogens with zero attached hydrogens (tertiary/aromatic N) is 4. The van der Waals surface area contributed by atoms with Crippen molar-refractivity contribution in [3.05, 3.63) is 83.8 Å². The molecule has 0 saturated carbocycles. The van der Waals surface area contributed by atoms with Gasteiger partial charge < -0.3 is 9.73 Å². The van der Waals surface area contributed by atoms with Crippen LogP contribution in [0.3, 0.4) is 0 Å². The van der Waals surface area contributed by atoms with Gasteiger partial charge in [-0.15, -0.1) is 5.10 Å². The summed E-state index contributed by atoms with van der Waals surface area (Å²) in [6.45, 7) is 3.97. The summed E-state index contributed by atoms with van der Waals surface area (Å²) in [7, 11) is 0. The first-order valence-electron chi connectivity index (χ1n) is 9.10. The van der Waals surface area contributed by atoms with Crippen molar-refractivity contribution in [1.29, 1.82) is 0 Å². The minimum Gasteiger partial charge on any atom is -0.465 e. The summed E-state index contributed by atoms with van der Waals surface area (Å²) >= 11 is 0. The maximum Gasteiger partial charge on any atom is 0.274 e. The molecule has 0 aliphatic rings. The number of amides is 1. The molecule has 0 atom stereocenters. The molecule has 2 heterocycles. The van der Waals surface area contributed by atoms with Crippen LogP contribution in [-0.2, 0) is 4.79 Å². The number of nitrogens with one attached hydrogen (secondary N) is 1. The summed E-state index contributed by atoms with van der Waals surface area (Å²) in [5, 5.41) is 14.9. The summed E-state index contributed by atoms with van der Waals surface area (Å²) in [5.41, 5.74) is 3.85. The Morgan fingerprint density at radius 3 is 2.62 bits per heavy atom. The summed E-state index contributed by atoms with van der Waals surface area (Å²) in [5.74, 6) is 0.629. The van der Waals surface area contributed by atoms with Crippen LogP contribution < -0.4 is 5.32 Å². The second kappa shape index (κ2) is 7.93. The molecule has 0 unspecified atom stereocenters. The second-order valence-corrected chi connectivity index (χ2v) is 6.53. The molecular formula is C22H19N5O2. The van der Waals surface area contributed by atoms with Crippen molar-refractivity contribution in [3.63, 3.8) is 0 Å². The van der Waals surface area contributed by atoms with Gasteiger partial charge in [0.1, 0.15) is 11.5 Å². The number of aryl methyl sites for hydroxylation is 1. The Morgan fingerprint density at radius 1 is 1.03 bits per heavy atom. The Kier molecular flexibility index (Phi) is 5.03. The first-order chi connectivity index (χ1) is 14.1. The zero-order chi connectivity index (χ0) is 20.2. The molecule has 144 valence electrons. The fourth-order valence-corrected chi connectivity index (χ4v) is 2.92. The molecular weight excluding hydrogens is 366 g/mol. The van der Waals surface area contributed by atoms with Crippen molar-refractivity contribution in [2.75, 3.05) is 5.32 Å². The highest BCUT2D eigenvalue weighted by molar-refractivity contribution is 6.24. The predicted octanol–water partition coefficient (Wildman–Crippen LogP) is 4.19. The quantitative estimate of drug-likeness (QED) is 0.521. The van der Waals surface area contributed by atoms with Gasteiger partial charge in [0.05, 0.1) is 6.26 Å². The zero-order valence-electron chi connectivity index (χ0n) is 16.0. The lowest BCUT2D eigenvalue weighted by Crippen LogP contribution is -2.20. The molecule has 0 saturated heterocycles.